The fourth-order valence-corrected chi connectivity index (χ4v) is 4.49. The largest absolute Gasteiger partial charge is 0.410 e. The van der Waals surface area contributed by atoms with Crippen LogP contribution in [-0.4, -0.2) is 46.6 Å². The molecule has 0 spiro atoms. The van der Waals surface area contributed by atoms with E-state index in [2.05, 4.69) is 5.16 Å². The number of rotatable bonds is 5. The van der Waals surface area contributed by atoms with Gasteiger partial charge in [0.15, 0.2) is 5.71 Å². The van der Waals surface area contributed by atoms with Crippen LogP contribution in [0.3, 0.4) is 0 Å². The van der Waals surface area contributed by atoms with Crippen molar-refractivity contribution in [3.05, 3.63) is 77.4 Å². The van der Waals surface area contributed by atoms with Crippen molar-refractivity contribution in [2.45, 2.75) is 19.3 Å². The molecular formula is C25H21N3O4. The van der Waals surface area contributed by atoms with E-state index < -0.39 is 5.91 Å². The maximum absolute atomic E-state index is 12.9. The molecule has 2 aliphatic heterocycles. The Morgan fingerprint density at radius 2 is 1.44 bits per heavy atom. The van der Waals surface area contributed by atoms with Gasteiger partial charge in [-0.15, -0.1) is 0 Å². The number of hydrogen-bond donors (Lipinski definition) is 1. The molecule has 2 aromatic rings. The number of amides is 3. The molecule has 0 atom stereocenters. The fraction of sp³-hybridized carbons (Fsp3) is 0.200. The lowest BCUT2D eigenvalue weighted by atomic mass is 10.0. The molecule has 0 radical (unpaired) electrons. The van der Waals surface area contributed by atoms with Crippen molar-refractivity contribution in [3.8, 4) is 11.1 Å². The normalized spacial score (nSPS) is 18.8. The van der Waals surface area contributed by atoms with E-state index in [1.165, 1.54) is 4.90 Å². The second-order valence-corrected chi connectivity index (χ2v) is 7.93. The minimum absolute atomic E-state index is 0.00531. The Balaban J connectivity index is 1.36. The van der Waals surface area contributed by atoms with E-state index in [1.807, 2.05) is 54.6 Å². The van der Waals surface area contributed by atoms with Crippen LogP contribution in [0.4, 0.5) is 5.69 Å². The van der Waals surface area contributed by atoms with E-state index >= 15 is 0 Å². The van der Waals surface area contributed by atoms with Gasteiger partial charge in [-0.1, -0.05) is 53.7 Å². The number of anilines is 1. The smallest absolute Gasteiger partial charge is 0.281 e. The monoisotopic (exact) mass is 427 g/mol. The minimum Gasteiger partial charge on any atom is -0.410 e. The van der Waals surface area contributed by atoms with E-state index in [1.54, 1.807) is 11.0 Å². The summed E-state index contributed by atoms with van der Waals surface area (Å²) in [6, 6.07) is 15.4. The number of carbonyl (C=O) groups excluding carboxylic acids is 3. The van der Waals surface area contributed by atoms with Gasteiger partial charge in [0.2, 0.25) is 0 Å². The minimum atomic E-state index is -0.397. The summed E-state index contributed by atoms with van der Waals surface area (Å²) in [6.07, 6.45) is 5.59. The number of hydrogen-bond acceptors (Lipinski definition) is 5. The zero-order valence-electron chi connectivity index (χ0n) is 17.3. The summed E-state index contributed by atoms with van der Waals surface area (Å²) in [5.74, 6) is -0.929. The van der Waals surface area contributed by atoms with E-state index in [-0.39, 0.29) is 30.6 Å². The third kappa shape index (κ3) is 3.13. The molecule has 3 amide bonds. The molecule has 2 heterocycles. The average molecular weight is 427 g/mol. The molecule has 0 unspecified atom stereocenters. The maximum atomic E-state index is 12.9. The summed E-state index contributed by atoms with van der Waals surface area (Å²) in [7, 11) is 0. The highest BCUT2D eigenvalue weighted by Crippen LogP contribution is 2.34. The molecule has 0 aromatic heterocycles. The first-order valence-electron chi connectivity index (χ1n) is 10.6. The van der Waals surface area contributed by atoms with Gasteiger partial charge in [0.25, 0.3) is 17.7 Å². The van der Waals surface area contributed by atoms with Crippen molar-refractivity contribution in [2.75, 3.05) is 18.0 Å². The van der Waals surface area contributed by atoms with Crippen LogP contribution in [-0.2, 0) is 14.4 Å². The highest BCUT2D eigenvalue weighted by Gasteiger charge is 2.39. The van der Waals surface area contributed by atoms with Crippen molar-refractivity contribution in [2.24, 2.45) is 5.16 Å². The third-order valence-corrected chi connectivity index (χ3v) is 6.07. The third-order valence-electron chi connectivity index (χ3n) is 6.07. The fourth-order valence-electron chi connectivity index (χ4n) is 4.49. The van der Waals surface area contributed by atoms with Crippen molar-refractivity contribution < 1.29 is 19.6 Å². The first kappa shape index (κ1) is 19.9. The summed E-state index contributed by atoms with van der Waals surface area (Å²) in [4.78, 5) is 40.9. The lowest BCUT2D eigenvalue weighted by molar-refractivity contribution is -0.136. The van der Waals surface area contributed by atoms with Crippen LogP contribution in [0.1, 0.15) is 24.8 Å². The van der Waals surface area contributed by atoms with Crippen LogP contribution in [0.2, 0.25) is 0 Å². The molecule has 32 heavy (non-hydrogen) atoms. The van der Waals surface area contributed by atoms with E-state index in [0.29, 0.717) is 28.8 Å². The zero-order chi connectivity index (χ0) is 22.2. The topological polar surface area (TPSA) is 90.3 Å². The molecule has 1 N–H and O–H groups in total. The van der Waals surface area contributed by atoms with Gasteiger partial charge in [-0.25, -0.2) is 0 Å². The molecule has 0 bridgehead atoms. The molecule has 2 aromatic carbocycles. The van der Waals surface area contributed by atoms with Crippen LogP contribution in [0.25, 0.3) is 11.1 Å². The molecule has 7 nitrogen and oxygen atoms in total. The van der Waals surface area contributed by atoms with Crippen molar-refractivity contribution >= 4 is 29.1 Å². The Hall–Kier alpha value is -4.00. The Labute approximate surface area is 184 Å². The predicted molar refractivity (Wildman–Crippen MR) is 119 cm³/mol. The SMILES string of the molecule is O=C1C2=CCCC=C2C(=O)N1CCCN1C(=O)/C(=N\O)c2ccc(-c3ccccc3)cc21. The molecule has 3 aliphatic rings. The molecule has 0 saturated carbocycles. The second kappa shape index (κ2) is 7.92. The number of imide groups is 1. The van der Waals surface area contributed by atoms with Gasteiger partial charge >= 0.3 is 0 Å². The zero-order valence-corrected chi connectivity index (χ0v) is 17.3. The molecule has 5 rings (SSSR count). The first-order valence-corrected chi connectivity index (χ1v) is 10.6. The Morgan fingerprint density at radius 3 is 2.09 bits per heavy atom. The summed E-state index contributed by atoms with van der Waals surface area (Å²) >= 11 is 0. The van der Waals surface area contributed by atoms with Crippen LogP contribution < -0.4 is 4.90 Å². The van der Waals surface area contributed by atoms with Gasteiger partial charge in [-0.05, 0) is 42.5 Å². The van der Waals surface area contributed by atoms with Crippen molar-refractivity contribution in [1.82, 2.24) is 4.90 Å². The lowest BCUT2D eigenvalue weighted by Gasteiger charge is -2.19. The standard InChI is InChI=1S/C25H21N3O4/c29-23-18-9-4-5-10-19(18)24(30)28(23)14-6-13-27-21-15-17(16-7-2-1-3-8-16)11-12-20(21)22(26-32)25(27)31/h1-3,7-12,15,32H,4-6,13-14H2/b26-22-. The quantitative estimate of drug-likeness (QED) is 0.450. The number of fused-ring (bicyclic) bond motifs is 2. The highest BCUT2D eigenvalue weighted by atomic mass is 16.4. The lowest BCUT2D eigenvalue weighted by Crippen LogP contribution is -2.35. The van der Waals surface area contributed by atoms with Crippen LogP contribution in [0.15, 0.2) is 77.0 Å². The summed E-state index contributed by atoms with van der Waals surface area (Å²) < 4.78 is 0. The molecule has 1 saturated heterocycles. The van der Waals surface area contributed by atoms with Crippen LogP contribution in [0, 0.1) is 0 Å². The van der Waals surface area contributed by atoms with Crippen molar-refractivity contribution in [3.63, 3.8) is 0 Å². The summed E-state index contributed by atoms with van der Waals surface area (Å²) in [6.45, 7) is 0.508. The van der Waals surface area contributed by atoms with Crippen LogP contribution >= 0.6 is 0 Å². The number of nitrogens with zero attached hydrogens (tertiary/aromatic N) is 3. The van der Waals surface area contributed by atoms with Gasteiger partial charge in [0.05, 0.1) is 5.69 Å². The van der Waals surface area contributed by atoms with Gasteiger partial charge < -0.3 is 10.1 Å². The van der Waals surface area contributed by atoms with Gasteiger partial charge in [0, 0.05) is 29.8 Å². The highest BCUT2D eigenvalue weighted by molar-refractivity contribution is 6.54. The number of carbonyl (C=O) groups is 3. The first-order chi connectivity index (χ1) is 15.6. The summed E-state index contributed by atoms with van der Waals surface area (Å²) in [5.41, 5.74) is 4.14. The number of oxime groups is 1. The second-order valence-electron chi connectivity index (χ2n) is 7.93. The molecule has 7 heteroatoms. The average Bonchev–Trinajstić information content (AvgIpc) is 3.24. The summed E-state index contributed by atoms with van der Waals surface area (Å²) in [5, 5.41) is 12.6. The Kier molecular flexibility index (Phi) is 4.93. The Bertz CT molecular complexity index is 1200. The van der Waals surface area contributed by atoms with E-state index in [9.17, 15) is 19.6 Å². The molecule has 1 aliphatic carbocycles. The number of likely N-dealkylation sites (tertiary alicyclic amines) is 1. The molecule has 160 valence electrons. The van der Waals surface area contributed by atoms with Gasteiger partial charge in [0.1, 0.15) is 0 Å². The van der Waals surface area contributed by atoms with Gasteiger partial charge in [-0.3, -0.25) is 19.3 Å². The van der Waals surface area contributed by atoms with Crippen molar-refractivity contribution in [1.29, 1.82) is 0 Å². The number of benzene rings is 2. The number of allylic oxidation sites excluding steroid dienone is 2. The molecule has 1 fully saturated rings. The van der Waals surface area contributed by atoms with E-state index in [4.69, 9.17) is 0 Å². The maximum Gasteiger partial charge on any atom is 0.281 e. The van der Waals surface area contributed by atoms with Crippen LogP contribution in [0.5, 0.6) is 0 Å². The Morgan fingerprint density at radius 1 is 0.781 bits per heavy atom. The molecular weight excluding hydrogens is 406 g/mol. The predicted octanol–water partition coefficient (Wildman–Crippen LogP) is 3.28. The van der Waals surface area contributed by atoms with Gasteiger partial charge in [-0.2, -0.15) is 0 Å². The van der Waals surface area contributed by atoms with E-state index in [0.717, 1.165) is 24.0 Å².